The van der Waals surface area contributed by atoms with Crippen molar-refractivity contribution < 1.29 is 14.3 Å². The van der Waals surface area contributed by atoms with Gasteiger partial charge in [-0.15, -0.1) is 0 Å². The van der Waals surface area contributed by atoms with Gasteiger partial charge in [-0.1, -0.05) is 54.6 Å². The van der Waals surface area contributed by atoms with Gasteiger partial charge in [0.25, 0.3) is 0 Å². The van der Waals surface area contributed by atoms with E-state index in [1.165, 1.54) is 6.07 Å². The van der Waals surface area contributed by atoms with E-state index in [2.05, 4.69) is 0 Å². The van der Waals surface area contributed by atoms with Crippen molar-refractivity contribution in [3.8, 4) is 11.1 Å². The highest BCUT2D eigenvalue weighted by Gasteiger charge is 2.20. The monoisotopic (exact) mass is 416 g/mol. The van der Waals surface area contributed by atoms with E-state index >= 15 is 0 Å². The van der Waals surface area contributed by atoms with Crippen molar-refractivity contribution in [3.05, 3.63) is 107 Å². The molecular weight excluding hydrogens is 400 g/mol. The summed E-state index contributed by atoms with van der Waals surface area (Å²) >= 11 is 0. The first-order valence-electron chi connectivity index (χ1n) is 10.3. The Bertz CT molecular complexity index is 1780. The lowest BCUT2D eigenvalue weighted by molar-refractivity contribution is 0.0697. The van der Waals surface area contributed by atoms with Gasteiger partial charge in [0.2, 0.25) is 0 Å². The third-order valence-corrected chi connectivity index (χ3v) is 5.99. The summed E-state index contributed by atoms with van der Waals surface area (Å²) in [6.45, 7) is 0. The van der Waals surface area contributed by atoms with Crippen LogP contribution < -0.4 is 5.43 Å². The topological polar surface area (TPSA) is 67.5 Å². The smallest absolute Gasteiger partial charge is 0.336 e. The Hall–Kier alpha value is -4.44. The molecule has 0 atom stereocenters. The van der Waals surface area contributed by atoms with Crippen LogP contribution in [0.25, 0.3) is 54.6 Å². The Labute approximate surface area is 182 Å². The van der Waals surface area contributed by atoms with E-state index in [0.29, 0.717) is 16.7 Å². The largest absolute Gasteiger partial charge is 0.478 e. The Morgan fingerprint density at radius 1 is 0.656 bits per heavy atom. The standard InChI is InChI=1S/C28H16O4/c29-18-11-14-20-17(15-18)10-13-24-25(21-7-3-4-8-22(21)28(30)31)23-12-9-16-5-1-2-6-19(16)26(23)32-27(20)24/h1-15H,(H,30,31). The van der Waals surface area contributed by atoms with Crippen LogP contribution in [-0.4, -0.2) is 11.1 Å². The quantitative estimate of drug-likeness (QED) is 0.254. The predicted molar refractivity (Wildman–Crippen MR) is 127 cm³/mol. The van der Waals surface area contributed by atoms with Gasteiger partial charge in [-0.25, -0.2) is 4.79 Å². The molecule has 0 aliphatic rings. The van der Waals surface area contributed by atoms with Gasteiger partial charge in [0.15, 0.2) is 5.43 Å². The summed E-state index contributed by atoms with van der Waals surface area (Å²) in [5.41, 5.74) is 2.90. The molecule has 6 aromatic rings. The third kappa shape index (κ3) is 2.63. The van der Waals surface area contributed by atoms with Crippen molar-refractivity contribution >= 4 is 49.5 Å². The Morgan fingerprint density at radius 3 is 2.06 bits per heavy atom. The fraction of sp³-hybridized carbons (Fsp3) is 0. The zero-order chi connectivity index (χ0) is 21.8. The van der Waals surface area contributed by atoms with Crippen molar-refractivity contribution in [2.24, 2.45) is 0 Å². The average Bonchev–Trinajstić information content (AvgIpc) is 2.82. The van der Waals surface area contributed by atoms with E-state index in [9.17, 15) is 14.7 Å². The van der Waals surface area contributed by atoms with Gasteiger partial charge >= 0.3 is 5.97 Å². The molecule has 4 nitrogen and oxygen atoms in total. The SMILES string of the molecule is O=C(O)c1ccccc1-c1c2ccc3ccccc3c2oc2c1ccc1cc(=O)ccc12. The number of hydrogen-bond acceptors (Lipinski definition) is 3. The molecule has 6 rings (SSSR count). The highest BCUT2D eigenvalue weighted by Crippen LogP contribution is 2.42. The van der Waals surface area contributed by atoms with Crippen LogP contribution in [0.3, 0.4) is 0 Å². The van der Waals surface area contributed by atoms with Crippen LogP contribution in [-0.2, 0) is 0 Å². The van der Waals surface area contributed by atoms with E-state index in [1.54, 1.807) is 24.3 Å². The van der Waals surface area contributed by atoms with E-state index in [-0.39, 0.29) is 11.0 Å². The minimum absolute atomic E-state index is 0.0699. The van der Waals surface area contributed by atoms with Crippen LogP contribution in [0.15, 0.2) is 100 Å². The lowest BCUT2D eigenvalue weighted by Gasteiger charge is -2.15. The fourth-order valence-corrected chi connectivity index (χ4v) is 4.56. The molecule has 1 aromatic heterocycles. The summed E-state index contributed by atoms with van der Waals surface area (Å²) in [6, 6.07) is 27.6. The highest BCUT2D eigenvalue weighted by molar-refractivity contribution is 6.20. The van der Waals surface area contributed by atoms with Gasteiger partial charge in [-0.05, 0) is 52.7 Å². The number of benzene rings is 5. The second kappa shape index (κ2) is 6.79. The minimum atomic E-state index is -0.986. The Kier molecular flexibility index (Phi) is 3.89. The molecule has 0 amide bonds. The number of aromatic carboxylic acids is 1. The van der Waals surface area contributed by atoms with Crippen molar-refractivity contribution in [1.82, 2.24) is 0 Å². The van der Waals surface area contributed by atoms with E-state index < -0.39 is 5.97 Å². The van der Waals surface area contributed by atoms with E-state index in [0.717, 1.165) is 37.9 Å². The second-order valence-corrected chi connectivity index (χ2v) is 7.82. The normalized spacial score (nSPS) is 11.5. The molecule has 0 saturated carbocycles. The van der Waals surface area contributed by atoms with Crippen molar-refractivity contribution in [2.75, 3.05) is 0 Å². The van der Waals surface area contributed by atoms with Gasteiger partial charge < -0.3 is 9.52 Å². The zero-order valence-corrected chi connectivity index (χ0v) is 16.8. The molecule has 1 N–H and O–H groups in total. The van der Waals surface area contributed by atoms with Crippen LogP contribution in [0.2, 0.25) is 0 Å². The first-order chi connectivity index (χ1) is 15.6. The summed E-state index contributed by atoms with van der Waals surface area (Å²) in [5.74, 6) is -0.986. The van der Waals surface area contributed by atoms with Crippen LogP contribution in [0, 0.1) is 0 Å². The van der Waals surface area contributed by atoms with Crippen LogP contribution in [0.4, 0.5) is 0 Å². The summed E-state index contributed by atoms with van der Waals surface area (Å²) in [5, 5.41) is 15.1. The number of carbonyl (C=O) groups is 1. The first-order valence-corrected chi connectivity index (χ1v) is 10.3. The Balaban J connectivity index is 1.91. The second-order valence-electron chi connectivity index (χ2n) is 7.82. The maximum absolute atomic E-state index is 12.1. The number of rotatable bonds is 2. The number of carboxylic acids is 1. The molecule has 0 aliphatic heterocycles. The minimum Gasteiger partial charge on any atom is -0.478 e. The highest BCUT2D eigenvalue weighted by atomic mass is 16.4. The first kappa shape index (κ1) is 18.3. The summed E-state index contributed by atoms with van der Waals surface area (Å²) in [7, 11) is 0. The van der Waals surface area contributed by atoms with Crippen LogP contribution in [0.5, 0.6) is 0 Å². The molecule has 0 spiro atoms. The average molecular weight is 416 g/mol. The molecule has 1 heterocycles. The predicted octanol–water partition coefficient (Wildman–Crippen LogP) is 6.62. The molecule has 4 heteroatoms. The number of carboxylic acid groups (broad SMARTS) is 1. The van der Waals surface area contributed by atoms with Crippen molar-refractivity contribution in [3.63, 3.8) is 0 Å². The molecule has 0 radical (unpaired) electrons. The molecule has 32 heavy (non-hydrogen) atoms. The molecule has 0 unspecified atom stereocenters. The van der Waals surface area contributed by atoms with Crippen molar-refractivity contribution in [1.29, 1.82) is 0 Å². The Morgan fingerprint density at radius 2 is 1.28 bits per heavy atom. The fourth-order valence-electron chi connectivity index (χ4n) is 4.56. The molecule has 0 bridgehead atoms. The van der Waals surface area contributed by atoms with Gasteiger partial charge in [-0.2, -0.15) is 0 Å². The molecule has 0 fully saturated rings. The van der Waals surface area contributed by atoms with Gasteiger partial charge in [-0.3, -0.25) is 4.79 Å². The molecule has 5 aromatic carbocycles. The zero-order valence-electron chi connectivity index (χ0n) is 16.8. The lowest BCUT2D eigenvalue weighted by atomic mass is 9.91. The molecule has 152 valence electrons. The number of fused-ring (bicyclic) bond motifs is 6. The molecular formula is C28H16O4. The van der Waals surface area contributed by atoms with Crippen molar-refractivity contribution in [2.45, 2.75) is 0 Å². The van der Waals surface area contributed by atoms with Gasteiger partial charge in [0.1, 0.15) is 11.2 Å². The van der Waals surface area contributed by atoms with E-state index in [4.69, 9.17) is 4.42 Å². The molecule has 0 aliphatic carbocycles. The lowest BCUT2D eigenvalue weighted by Crippen LogP contribution is -2.00. The van der Waals surface area contributed by atoms with E-state index in [1.807, 2.05) is 60.7 Å². The summed E-state index contributed by atoms with van der Waals surface area (Å²) in [6.07, 6.45) is 0. The number of hydrogen-bond donors (Lipinski definition) is 1. The summed E-state index contributed by atoms with van der Waals surface area (Å²) < 4.78 is 6.53. The molecule has 0 saturated heterocycles. The van der Waals surface area contributed by atoms with Gasteiger partial charge in [0.05, 0.1) is 5.56 Å². The van der Waals surface area contributed by atoms with Crippen LogP contribution >= 0.6 is 0 Å². The van der Waals surface area contributed by atoms with Crippen LogP contribution in [0.1, 0.15) is 10.4 Å². The van der Waals surface area contributed by atoms with Gasteiger partial charge in [0, 0.05) is 27.1 Å². The third-order valence-electron chi connectivity index (χ3n) is 5.99. The maximum atomic E-state index is 12.1. The maximum Gasteiger partial charge on any atom is 0.336 e. The summed E-state index contributed by atoms with van der Waals surface area (Å²) in [4.78, 5) is 24.0.